The van der Waals surface area contributed by atoms with Crippen molar-refractivity contribution in [3.05, 3.63) is 58.6 Å². The molecular weight excluding hydrogens is 302 g/mol. The van der Waals surface area contributed by atoms with Crippen molar-refractivity contribution in [1.29, 1.82) is 0 Å². The number of hydrogen-bond donors (Lipinski definition) is 1. The Morgan fingerprint density at radius 3 is 2.68 bits per heavy atom. The summed E-state index contributed by atoms with van der Waals surface area (Å²) in [5.41, 5.74) is 2.00. The Balaban J connectivity index is 2.00. The zero-order valence-electron chi connectivity index (χ0n) is 12.1. The normalized spacial score (nSPS) is 17.0. The van der Waals surface area contributed by atoms with Crippen molar-refractivity contribution in [2.75, 3.05) is 18.6 Å². The van der Waals surface area contributed by atoms with Gasteiger partial charge in [0.15, 0.2) is 0 Å². The lowest BCUT2D eigenvalue weighted by Gasteiger charge is -2.32. The third-order valence-corrected chi connectivity index (χ3v) is 4.10. The summed E-state index contributed by atoms with van der Waals surface area (Å²) in [4.78, 5) is 14.4. The van der Waals surface area contributed by atoms with Crippen LogP contribution < -0.4 is 9.64 Å². The Morgan fingerprint density at radius 1 is 1.27 bits per heavy atom. The average Bonchev–Trinajstić information content (AvgIpc) is 2.55. The Bertz CT molecular complexity index is 700. The van der Waals surface area contributed by atoms with Crippen molar-refractivity contribution in [3.8, 4) is 5.75 Å². The predicted octanol–water partition coefficient (Wildman–Crippen LogP) is 3.43. The molecular formula is C17H16ClNO3. The molecule has 0 aromatic heterocycles. The second-order valence-corrected chi connectivity index (χ2v) is 5.63. The van der Waals surface area contributed by atoms with E-state index in [1.165, 1.54) is 0 Å². The summed E-state index contributed by atoms with van der Waals surface area (Å²) in [5, 5.41) is 10.7. The Hall–Kier alpha value is -2.04. The highest BCUT2D eigenvalue weighted by Crippen LogP contribution is 2.37. The van der Waals surface area contributed by atoms with Gasteiger partial charge in [0.25, 0.3) is 5.91 Å². The molecule has 0 radical (unpaired) electrons. The molecule has 1 atom stereocenters. The number of amides is 1. The van der Waals surface area contributed by atoms with Gasteiger partial charge in [0.2, 0.25) is 0 Å². The molecule has 0 saturated heterocycles. The maximum Gasteiger partial charge on any atom is 0.258 e. The van der Waals surface area contributed by atoms with Gasteiger partial charge in [-0.2, -0.15) is 0 Å². The minimum absolute atomic E-state index is 0.113. The highest BCUT2D eigenvalue weighted by Gasteiger charge is 2.28. The first-order valence-electron chi connectivity index (χ1n) is 7.03. The molecule has 1 unspecified atom stereocenters. The van der Waals surface area contributed by atoms with E-state index in [9.17, 15) is 9.90 Å². The number of carbonyl (C=O) groups is 1. The van der Waals surface area contributed by atoms with E-state index in [0.717, 1.165) is 5.56 Å². The first-order valence-corrected chi connectivity index (χ1v) is 7.41. The van der Waals surface area contributed by atoms with Gasteiger partial charge in [-0.1, -0.05) is 17.7 Å². The average molecular weight is 318 g/mol. The summed E-state index contributed by atoms with van der Waals surface area (Å²) in [6.45, 7) is 0.461. The number of fused-ring (bicyclic) bond motifs is 1. The van der Waals surface area contributed by atoms with Crippen LogP contribution in [0, 0.1) is 0 Å². The van der Waals surface area contributed by atoms with E-state index in [-0.39, 0.29) is 5.91 Å². The van der Waals surface area contributed by atoms with Crippen LogP contribution in [0.1, 0.15) is 28.4 Å². The Kier molecular flexibility index (Phi) is 4.05. The number of halogens is 1. The summed E-state index contributed by atoms with van der Waals surface area (Å²) in [6.07, 6.45) is -0.0475. The number of aliphatic hydroxyl groups is 1. The SMILES string of the molecule is COc1ccc2c(c1)N(C(=O)c1ccc(Cl)cc1)CCC2O. The summed E-state index contributed by atoms with van der Waals surface area (Å²) in [6, 6.07) is 12.2. The number of nitrogens with zero attached hydrogens (tertiary/aromatic N) is 1. The van der Waals surface area contributed by atoms with Gasteiger partial charge >= 0.3 is 0 Å². The fourth-order valence-corrected chi connectivity index (χ4v) is 2.78. The number of benzene rings is 2. The molecule has 3 rings (SSSR count). The minimum atomic E-state index is -0.560. The number of ether oxygens (including phenoxy) is 1. The van der Waals surface area contributed by atoms with Crippen molar-refractivity contribution >= 4 is 23.2 Å². The van der Waals surface area contributed by atoms with Gasteiger partial charge in [-0.15, -0.1) is 0 Å². The van der Waals surface area contributed by atoms with Crippen LogP contribution in [0.2, 0.25) is 5.02 Å². The van der Waals surface area contributed by atoms with Crippen LogP contribution in [-0.4, -0.2) is 24.7 Å². The van der Waals surface area contributed by atoms with Gasteiger partial charge < -0.3 is 14.7 Å². The molecule has 5 heteroatoms. The lowest BCUT2D eigenvalue weighted by Crippen LogP contribution is -2.36. The van der Waals surface area contributed by atoms with Crippen LogP contribution in [0.3, 0.4) is 0 Å². The maximum absolute atomic E-state index is 12.7. The second-order valence-electron chi connectivity index (χ2n) is 5.19. The van der Waals surface area contributed by atoms with E-state index >= 15 is 0 Å². The molecule has 0 aliphatic carbocycles. The number of hydrogen-bond acceptors (Lipinski definition) is 3. The fourth-order valence-electron chi connectivity index (χ4n) is 2.65. The molecule has 1 aliphatic rings. The summed E-state index contributed by atoms with van der Waals surface area (Å²) >= 11 is 5.87. The molecule has 114 valence electrons. The topological polar surface area (TPSA) is 49.8 Å². The molecule has 22 heavy (non-hydrogen) atoms. The Morgan fingerprint density at radius 2 is 2.00 bits per heavy atom. The summed E-state index contributed by atoms with van der Waals surface area (Å²) in [7, 11) is 1.58. The third kappa shape index (κ3) is 2.67. The fraction of sp³-hybridized carbons (Fsp3) is 0.235. The van der Waals surface area contributed by atoms with E-state index in [1.54, 1.807) is 54.5 Å². The standard InChI is InChI=1S/C17H16ClNO3/c1-22-13-6-7-14-15(10-13)19(9-8-16(14)20)17(21)11-2-4-12(18)5-3-11/h2-7,10,16,20H,8-9H2,1H3. The number of anilines is 1. The van der Waals surface area contributed by atoms with Crippen LogP contribution in [0.4, 0.5) is 5.69 Å². The molecule has 1 heterocycles. The molecule has 2 aromatic carbocycles. The van der Waals surface area contributed by atoms with Crippen molar-refractivity contribution < 1.29 is 14.6 Å². The van der Waals surface area contributed by atoms with Gasteiger partial charge in [0.05, 0.1) is 18.9 Å². The second kappa shape index (κ2) is 5.99. The molecule has 0 spiro atoms. The lowest BCUT2D eigenvalue weighted by molar-refractivity contribution is 0.0970. The first kappa shape index (κ1) is 14.9. The molecule has 2 aromatic rings. The van der Waals surface area contributed by atoms with Crippen LogP contribution in [0.25, 0.3) is 0 Å². The molecule has 1 aliphatic heterocycles. The third-order valence-electron chi connectivity index (χ3n) is 3.85. The zero-order chi connectivity index (χ0) is 15.7. The molecule has 0 bridgehead atoms. The largest absolute Gasteiger partial charge is 0.497 e. The minimum Gasteiger partial charge on any atom is -0.497 e. The highest BCUT2D eigenvalue weighted by atomic mass is 35.5. The molecule has 4 nitrogen and oxygen atoms in total. The van der Waals surface area contributed by atoms with Gasteiger partial charge in [-0.25, -0.2) is 0 Å². The molecule has 1 N–H and O–H groups in total. The van der Waals surface area contributed by atoms with Gasteiger partial charge in [0.1, 0.15) is 5.75 Å². The van der Waals surface area contributed by atoms with Gasteiger partial charge in [0, 0.05) is 28.8 Å². The van der Waals surface area contributed by atoms with E-state index in [4.69, 9.17) is 16.3 Å². The van der Waals surface area contributed by atoms with E-state index in [1.807, 2.05) is 0 Å². The summed E-state index contributed by atoms with van der Waals surface area (Å²) in [5.74, 6) is 0.542. The number of rotatable bonds is 2. The summed E-state index contributed by atoms with van der Waals surface area (Å²) < 4.78 is 5.23. The van der Waals surface area contributed by atoms with Crippen molar-refractivity contribution in [2.24, 2.45) is 0 Å². The quantitative estimate of drug-likeness (QED) is 0.923. The highest BCUT2D eigenvalue weighted by molar-refractivity contribution is 6.30. The molecule has 0 fully saturated rings. The zero-order valence-corrected chi connectivity index (χ0v) is 12.9. The maximum atomic E-state index is 12.7. The van der Waals surface area contributed by atoms with Gasteiger partial charge in [-0.05, 0) is 36.8 Å². The smallest absolute Gasteiger partial charge is 0.258 e. The van der Waals surface area contributed by atoms with E-state index in [0.29, 0.717) is 35.0 Å². The molecule has 0 saturated carbocycles. The molecule has 1 amide bonds. The van der Waals surface area contributed by atoms with Gasteiger partial charge in [-0.3, -0.25) is 4.79 Å². The number of methoxy groups -OCH3 is 1. The van der Waals surface area contributed by atoms with Crippen LogP contribution in [0.5, 0.6) is 5.75 Å². The predicted molar refractivity (Wildman–Crippen MR) is 85.7 cm³/mol. The van der Waals surface area contributed by atoms with Crippen molar-refractivity contribution in [1.82, 2.24) is 0 Å². The van der Waals surface area contributed by atoms with E-state index in [2.05, 4.69) is 0 Å². The van der Waals surface area contributed by atoms with Crippen LogP contribution in [0.15, 0.2) is 42.5 Å². The van der Waals surface area contributed by atoms with Crippen LogP contribution >= 0.6 is 11.6 Å². The van der Waals surface area contributed by atoms with Crippen molar-refractivity contribution in [2.45, 2.75) is 12.5 Å². The van der Waals surface area contributed by atoms with E-state index < -0.39 is 6.10 Å². The first-order chi connectivity index (χ1) is 10.6. The number of aliphatic hydroxyl groups excluding tert-OH is 1. The Labute approximate surface area is 133 Å². The monoisotopic (exact) mass is 317 g/mol. The van der Waals surface area contributed by atoms with Crippen LogP contribution in [-0.2, 0) is 0 Å². The number of carbonyl (C=O) groups excluding carboxylic acids is 1. The van der Waals surface area contributed by atoms with Crippen molar-refractivity contribution in [3.63, 3.8) is 0 Å². The lowest BCUT2D eigenvalue weighted by atomic mass is 9.97.